The van der Waals surface area contributed by atoms with Crippen LogP contribution in [0.4, 0.5) is 0 Å². The Labute approximate surface area is 148 Å². The summed E-state index contributed by atoms with van der Waals surface area (Å²) in [5, 5.41) is 11.1. The molecule has 6 nitrogen and oxygen atoms in total. The molecular weight excluding hydrogens is 328 g/mol. The first-order valence-corrected chi connectivity index (χ1v) is 8.32. The second-order valence-electron chi connectivity index (χ2n) is 6.62. The van der Waals surface area contributed by atoms with E-state index in [1.807, 2.05) is 26.8 Å². The maximum Gasteiger partial charge on any atom is 0.259 e. The maximum absolute atomic E-state index is 12.7. The summed E-state index contributed by atoms with van der Waals surface area (Å²) in [4.78, 5) is 17.2. The van der Waals surface area contributed by atoms with Gasteiger partial charge in [0, 0.05) is 12.2 Å². The molecule has 1 aliphatic rings. The Kier molecular flexibility index (Phi) is 6.18. The second-order valence-corrected chi connectivity index (χ2v) is 6.62. The molecule has 1 unspecified atom stereocenters. The van der Waals surface area contributed by atoms with Gasteiger partial charge in [-0.15, -0.1) is 12.4 Å². The van der Waals surface area contributed by atoms with Crippen LogP contribution in [0.15, 0.2) is 10.6 Å². The normalized spacial score (nSPS) is 17.8. The van der Waals surface area contributed by atoms with Crippen LogP contribution in [0, 0.1) is 12.8 Å². The van der Waals surface area contributed by atoms with Crippen LogP contribution >= 0.6 is 12.4 Å². The molecule has 0 bridgehead atoms. The Morgan fingerprint density at radius 3 is 2.96 bits per heavy atom. The van der Waals surface area contributed by atoms with Crippen molar-refractivity contribution in [3.05, 3.63) is 23.0 Å². The molecule has 2 aromatic rings. The standard InChI is InChI=1S/C17H24N4O2.ClH/c1-10(2)14-7-13(15-11(3)21-23-17(15)20-14)16(22)19-9-12-5-4-6-18-8-12;/h7,10,12,18H,4-6,8-9H2,1-3H3,(H,19,22);1H. The number of carbonyl (C=O) groups excluding carboxylic acids is 1. The predicted octanol–water partition coefficient (Wildman–Crippen LogP) is 2.81. The third-order valence-electron chi connectivity index (χ3n) is 4.42. The molecule has 7 heteroatoms. The van der Waals surface area contributed by atoms with Gasteiger partial charge in [-0.1, -0.05) is 19.0 Å². The summed E-state index contributed by atoms with van der Waals surface area (Å²) in [5.41, 5.74) is 2.60. The van der Waals surface area contributed by atoms with E-state index in [1.165, 1.54) is 6.42 Å². The van der Waals surface area contributed by atoms with Gasteiger partial charge in [-0.05, 0) is 50.8 Å². The SMILES string of the molecule is Cc1noc2nc(C(C)C)cc(C(=O)NCC3CCCNC3)c12.Cl. The fraction of sp³-hybridized carbons (Fsp3) is 0.588. The van der Waals surface area contributed by atoms with Gasteiger partial charge in [-0.3, -0.25) is 4.79 Å². The van der Waals surface area contributed by atoms with Crippen LogP contribution in [0.25, 0.3) is 11.1 Å². The number of hydrogen-bond acceptors (Lipinski definition) is 5. The van der Waals surface area contributed by atoms with Crippen molar-refractivity contribution in [1.29, 1.82) is 0 Å². The second kappa shape index (κ2) is 7.94. The van der Waals surface area contributed by atoms with Gasteiger partial charge < -0.3 is 15.2 Å². The van der Waals surface area contributed by atoms with Gasteiger partial charge in [0.15, 0.2) is 0 Å². The number of fused-ring (bicyclic) bond motifs is 1. The first-order chi connectivity index (χ1) is 11.1. The molecule has 1 atom stereocenters. The number of hydrogen-bond donors (Lipinski definition) is 2. The minimum absolute atomic E-state index is 0. The van der Waals surface area contributed by atoms with Gasteiger partial charge in [0.2, 0.25) is 0 Å². The highest BCUT2D eigenvalue weighted by Gasteiger charge is 2.21. The molecule has 1 saturated heterocycles. The molecule has 1 aliphatic heterocycles. The minimum Gasteiger partial charge on any atom is -0.352 e. The van der Waals surface area contributed by atoms with Crippen molar-refractivity contribution in [2.45, 2.75) is 39.5 Å². The van der Waals surface area contributed by atoms with Crippen LogP contribution in [-0.4, -0.2) is 35.7 Å². The molecule has 3 rings (SSSR count). The predicted molar refractivity (Wildman–Crippen MR) is 95.8 cm³/mol. The van der Waals surface area contributed by atoms with Crippen molar-refractivity contribution in [3.8, 4) is 0 Å². The van der Waals surface area contributed by atoms with Crippen LogP contribution in [-0.2, 0) is 0 Å². The number of amides is 1. The fourth-order valence-electron chi connectivity index (χ4n) is 3.02. The molecular formula is C17H25ClN4O2. The zero-order valence-corrected chi connectivity index (χ0v) is 15.2. The number of rotatable bonds is 4. The quantitative estimate of drug-likeness (QED) is 0.884. The maximum atomic E-state index is 12.7. The molecule has 2 aromatic heterocycles. The summed E-state index contributed by atoms with van der Waals surface area (Å²) in [7, 11) is 0. The van der Waals surface area contributed by atoms with E-state index < -0.39 is 0 Å². The minimum atomic E-state index is -0.0730. The average molecular weight is 353 g/mol. The lowest BCUT2D eigenvalue weighted by atomic mass is 9.99. The van der Waals surface area contributed by atoms with Crippen molar-refractivity contribution in [2.75, 3.05) is 19.6 Å². The molecule has 0 aliphatic carbocycles. The van der Waals surface area contributed by atoms with E-state index in [4.69, 9.17) is 4.52 Å². The molecule has 132 valence electrons. The summed E-state index contributed by atoms with van der Waals surface area (Å²) >= 11 is 0. The Bertz CT molecular complexity index is 708. The van der Waals surface area contributed by atoms with Crippen molar-refractivity contribution in [2.24, 2.45) is 5.92 Å². The van der Waals surface area contributed by atoms with Crippen LogP contribution in [0.1, 0.15) is 54.4 Å². The number of nitrogens with zero attached hydrogens (tertiary/aromatic N) is 2. The summed E-state index contributed by atoms with van der Waals surface area (Å²) < 4.78 is 5.27. The number of nitrogens with one attached hydrogen (secondary N) is 2. The lowest BCUT2D eigenvalue weighted by Gasteiger charge is -2.23. The molecule has 0 spiro atoms. The molecule has 2 N–H and O–H groups in total. The first-order valence-electron chi connectivity index (χ1n) is 8.32. The Hall–Kier alpha value is -1.66. The molecule has 1 amide bonds. The lowest BCUT2D eigenvalue weighted by Crippen LogP contribution is -2.38. The van der Waals surface area contributed by atoms with Gasteiger partial charge in [0.05, 0.1) is 16.6 Å². The van der Waals surface area contributed by atoms with Gasteiger partial charge in [-0.25, -0.2) is 4.98 Å². The van der Waals surface area contributed by atoms with Gasteiger partial charge in [0.1, 0.15) is 0 Å². The van der Waals surface area contributed by atoms with E-state index in [1.54, 1.807) is 0 Å². The van der Waals surface area contributed by atoms with E-state index >= 15 is 0 Å². The van der Waals surface area contributed by atoms with E-state index in [0.717, 1.165) is 25.2 Å². The average Bonchev–Trinajstić information content (AvgIpc) is 2.94. The van der Waals surface area contributed by atoms with Crippen molar-refractivity contribution < 1.29 is 9.32 Å². The zero-order chi connectivity index (χ0) is 16.4. The number of aromatic nitrogens is 2. The Morgan fingerprint density at radius 2 is 2.29 bits per heavy atom. The molecule has 1 fully saturated rings. The van der Waals surface area contributed by atoms with E-state index in [9.17, 15) is 4.79 Å². The highest BCUT2D eigenvalue weighted by Crippen LogP contribution is 2.25. The molecule has 0 saturated carbocycles. The van der Waals surface area contributed by atoms with Crippen LogP contribution in [0.5, 0.6) is 0 Å². The number of aryl methyl sites for hydroxylation is 1. The zero-order valence-electron chi connectivity index (χ0n) is 14.4. The van der Waals surface area contributed by atoms with E-state index in [-0.39, 0.29) is 24.2 Å². The van der Waals surface area contributed by atoms with Gasteiger partial charge >= 0.3 is 0 Å². The first kappa shape index (κ1) is 18.7. The monoisotopic (exact) mass is 352 g/mol. The van der Waals surface area contributed by atoms with E-state index in [0.29, 0.717) is 34.8 Å². The third-order valence-corrected chi connectivity index (χ3v) is 4.42. The highest BCUT2D eigenvalue weighted by atomic mass is 35.5. The summed E-state index contributed by atoms with van der Waals surface area (Å²) in [6.07, 6.45) is 2.32. The third kappa shape index (κ3) is 3.87. The molecule has 0 aromatic carbocycles. The topological polar surface area (TPSA) is 80.0 Å². The largest absolute Gasteiger partial charge is 0.352 e. The highest BCUT2D eigenvalue weighted by molar-refractivity contribution is 6.06. The summed E-state index contributed by atoms with van der Waals surface area (Å²) in [6, 6.07) is 1.87. The summed E-state index contributed by atoms with van der Waals surface area (Å²) in [6.45, 7) is 8.67. The van der Waals surface area contributed by atoms with Crippen LogP contribution in [0.3, 0.4) is 0 Å². The molecule has 3 heterocycles. The number of carbonyl (C=O) groups is 1. The lowest BCUT2D eigenvalue weighted by molar-refractivity contribution is 0.0946. The number of pyridine rings is 1. The Morgan fingerprint density at radius 1 is 1.50 bits per heavy atom. The number of halogens is 1. The van der Waals surface area contributed by atoms with Crippen molar-refractivity contribution in [3.63, 3.8) is 0 Å². The van der Waals surface area contributed by atoms with Gasteiger partial charge in [0.25, 0.3) is 11.6 Å². The van der Waals surface area contributed by atoms with Crippen LogP contribution < -0.4 is 10.6 Å². The van der Waals surface area contributed by atoms with Crippen LogP contribution in [0.2, 0.25) is 0 Å². The smallest absolute Gasteiger partial charge is 0.259 e. The fourth-order valence-corrected chi connectivity index (χ4v) is 3.02. The molecule has 0 radical (unpaired) electrons. The summed E-state index contributed by atoms with van der Waals surface area (Å²) in [5.74, 6) is 0.647. The van der Waals surface area contributed by atoms with Crippen molar-refractivity contribution in [1.82, 2.24) is 20.8 Å². The molecule has 24 heavy (non-hydrogen) atoms. The van der Waals surface area contributed by atoms with E-state index in [2.05, 4.69) is 20.8 Å². The Balaban J connectivity index is 0.00000208. The van der Waals surface area contributed by atoms with Crippen molar-refractivity contribution >= 4 is 29.4 Å². The number of piperidine rings is 1. The van der Waals surface area contributed by atoms with Gasteiger partial charge in [-0.2, -0.15) is 0 Å².